The van der Waals surface area contributed by atoms with E-state index in [1.807, 2.05) is 28.7 Å². The lowest BCUT2D eigenvalue weighted by molar-refractivity contribution is 0.145. The molecule has 0 N–H and O–H groups in total. The zero-order chi connectivity index (χ0) is 11.4. The topological polar surface area (TPSA) is 45.9 Å². The van der Waals surface area contributed by atoms with Gasteiger partial charge in [0.1, 0.15) is 11.4 Å². The molecule has 0 amide bonds. The molecule has 0 aromatic carbocycles. The highest BCUT2D eigenvalue weighted by Gasteiger charge is 2.16. The van der Waals surface area contributed by atoms with Crippen LogP contribution in [0, 0.1) is 14.9 Å². The van der Waals surface area contributed by atoms with E-state index in [-0.39, 0.29) is 12.1 Å². The Labute approximate surface area is 99.2 Å². The normalized spacial score (nSPS) is 10.1. The average molecular weight is 324 g/mol. The smallest absolute Gasteiger partial charge is 0.280 e. The van der Waals surface area contributed by atoms with Crippen LogP contribution in [0.15, 0.2) is 6.07 Å². The van der Waals surface area contributed by atoms with Gasteiger partial charge in [-0.3, -0.25) is 0 Å². The molecule has 0 bridgehead atoms. The van der Waals surface area contributed by atoms with E-state index in [0.29, 0.717) is 15.0 Å². The van der Waals surface area contributed by atoms with Crippen LogP contribution in [0.5, 0.6) is 5.75 Å². The minimum absolute atomic E-state index is 0.00477. The highest BCUT2D eigenvalue weighted by atomic mass is 127. The molecule has 1 aromatic heterocycles. The summed E-state index contributed by atoms with van der Waals surface area (Å²) in [5, 5.41) is 8.52. The van der Waals surface area contributed by atoms with Crippen molar-refractivity contribution in [3.63, 3.8) is 0 Å². The maximum atomic E-state index is 12.4. The highest BCUT2D eigenvalue weighted by Crippen LogP contribution is 2.28. The lowest BCUT2D eigenvalue weighted by Gasteiger charge is -2.09. The molecule has 0 spiro atoms. The summed E-state index contributed by atoms with van der Waals surface area (Å²) in [6.45, 7) is 0. The van der Waals surface area contributed by atoms with Gasteiger partial charge in [-0.25, -0.2) is 13.8 Å². The van der Waals surface area contributed by atoms with Gasteiger partial charge in [-0.05, 0) is 22.6 Å². The summed E-state index contributed by atoms with van der Waals surface area (Å²) in [7, 11) is 1.39. The van der Waals surface area contributed by atoms with Crippen LogP contribution in [0.2, 0.25) is 0 Å². The van der Waals surface area contributed by atoms with Crippen LogP contribution in [-0.4, -0.2) is 12.1 Å². The molecule has 0 saturated heterocycles. The summed E-state index contributed by atoms with van der Waals surface area (Å²) in [6, 6.07) is 3.06. The molecule has 0 saturated carbocycles. The van der Waals surface area contributed by atoms with Gasteiger partial charge in [-0.2, -0.15) is 5.26 Å². The molecule has 1 heterocycles. The minimum Gasteiger partial charge on any atom is -0.496 e. The summed E-state index contributed by atoms with van der Waals surface area (Å²) in [5.74, 6) is 0.325. The van der Waals surface area contributed by atoms with Gasteiger partial charge < -0.3 is 4.74 Å². The maximum Gasteiger partial charge on any atom is 0.280 e. The monoisotopic (exact) mass is 324 g/mol. The second kappa shape index (κ2) is 5.21. The predicted octanol–water partition coefficient (Wildman–Crippen LogP) is 2.70. The number of hydrogen-bond acceptors (Lipinski definition) is 3. The van der Waals surface area contributed by atoms with Gasteiger partial charge in [0.25, 0.3) is 6.43 Å². The summed E-state index contributed by atoms with van der Waals surface area (Å²) < 4.78 is 30.4. The van der Waals surface area contributed by atoms with Gasteiger partial charge in [0.05, 0.1) is 28.9 Å². The van der Waals surface area contributed by atoms with E-state index in [4.69, 9.17) is 10.00 Å². The Morgan fingerprint density at radius 1 is 1.67 bits per heavy atom. The van der Waals surface area contributed by atoms with Crippen molar-refractivity contribution >= 4 is 22.6 Å². The number of alkyl halides is 2. The van der Waals surface area contributed by atoms with Crippen LogP contribution in [0.3, 0.4) is 0 Å². The summed E-state index contributed by atoms with van der Waals surface area (Å²) in [5.41, 5.74) is -0.0368. The molecule has 0 aliphatic rings. The number of halogens is 3. The Kier molecular flexibility index (Phi) is 4.20. The largest absolute Gasteiger partial charge is 0.496 e. The van der Waals surface area contributed by atoms with Crippen LogP contribution in [-0.2, 0) is 6.42 Å². The summed E-state index contributed by atoms with van der Waals surface area (Å²) in [6.07, 6.45) is -2.66. The number of ether oxygens (including phenoxy) is 1. The molecule has 0 aliphatic heterocycles. The highest BCUT2D eigenvalue weighted by molar-refractivity contribution is 14.1. The third-order valence-electron chi connectivity index (χ3n) is 1.70. The Hall–Kier alpha value is -0.970. The minimum atomic E-state index is -2.66. The quantitative estimate of drug-likeness (QED) is 0.803. The first kappa shape index (κ1) is 12.1. The van der Waals surface area contributed by atoms with Crippen molar-refractivity contribution in [1.29, 1.82) is 5.26 Å². The molecule has 0 atom stereocenters. The van der Waals surface area contributed by atoms with Crippen molar-refractivity contribution in [2.24, 2.45) is 0 Å². The van der Waals surface area contributed by atoms with Crippen LogP contribution < -0.4 is 4.74 Å². The maximum absolute atomic E-state index is 12.4. The van der Waals surface area contributed by atoms with E-state index in [2.05, 4.69) is 4.98 Å². The molecule has 0 aliphatic carbocycles. The van der Waals surface area contributed by atoms with Crippen molar-refractivity contribution in [1.82, 2.24) is 4.98 Å². The number of methoxy groups -OCH3 is 1. The molecule has 80 valence electrons. The van der Waals surface area contributed by atoms with Crippen LogP contribution in [0.25, 0.3) is 0 Å². The molecule has 1 aromatic rings. The first-order chi connectivity index (χ1) is 7.10. The zero-order valence-electron chi connectivity index (χ0n) is 7.80. The number of pyridine rings is 1. The molecule has 0 fully saturated rings. The van der Waals surface area contributed by atoms with E-state index in [9.17, 15) is 8.78 Å². The van der Waals surface area contributed by atoms with Crippen molar-refractivity contribution in [2.45, 2.75) is 12.8 Å². The third-order valence-corrected chi connectivity index (χ3v) is 2.86. The molecule has 0 radical (unpaired) electrons. The molecular formula is C9H7F2IN2O. The standard InChI is InChI=1S/C9H7F2IN2O/c1-15-7-4-6(9(10)11)14-5(2-3-13)8(7)12/h4,9H,2H2,1H3. The van der Waals surface area contributed by atoms with Crippen LogP contribution >= 0.6 is 22.6 Å². The van der Waals surface area contributed by atoms with E-state index < -0.39 is 6.43 Å². The molecule has 6 heteroatoms. The van der Waals surface area contributed by atoms with Crippen molar-refractivity contribution in [3.05, 3.63) is 21.0 Å². The molecule has 0 unspecified atom stereocenters. The average Bonchev–Trinajstić information content (AvgIpc) is 2.21. The second-order valence-corrected chi connectivity index (χ2v) is 3.72. The predicted molar refractivity (Wildman–Crippen MR) is 57.8 cm³/mol. The van der Waals surface area contributed by atoms with E-state index in [0.717, 1.165) is 0 Å². The molecule has 15 heavy (non-hydrogen) atoms. The number of rotatable bonds is 3. The fraction of sp³-hybridized carbons (Fsp3) is 0.333. The van der Waals surface area contributed by atoms with Crippen LogP contribution in [0.4, 0.5) is 8.78 Å². The SMILES string of the molecule is COc1cc(C(F)F)nc(CC#N)c1I. The lowest BCUT2D eigenvalue weighted by Crippen LogP contribution is -2.01. The van der Waals surface area contributed by atoms with Gasteiger partial charge in [-0.1, -0.05) is 0 Å². The van der Waals surface area contributed by atoms with Gasteiger partial charge in [0.2, 0.25) is 0 Å². The Bertz CT molecular complexity index is 404. The summed E-state index contributed by atoms with van der Waals surface area (Å²) in [4.78, 5) is 3.71. The Balaban J connectivity index is 3.26. The van der Waals surface area contributed by atoms with Gasteiger partial charge in [0, 0.05) is 6.07 Å². The number of aromatic nitrogens is 1. The Morgan fingerprint density at radius 3 is 2.80 bits per heavy atom. The second-order valence-electron chi connectivity index (χ2n) is 2.65. The Morgan fingerprint density at radius 2 is 2.33 bits per heavy atom. The van der Waals surface area contributed by atoms with Crippen molar-refractivity contribution < 1.29 is 13.5 Å². The van der Waals surface area contributed by atoms with Gasteiger partial charge in [-0.15, -0.1) is 0 Å². The third kappa shape index (κ3) is 2.75. The number of nitrogens with zero attached hydrogens (tertiary/aromatic N) is 2. The first-order valence-electron chi connectivity index (χ1n) is 3.98. The van der Waals surface area contributed by atoms with E-state index in [1.54, 1.807) is 0 Å². The molecular weight excluding hydrogens is 317 g/mol. The zero-order valence-corrected chi connectivity index (χ0v) is 9.96. The fourth-order valence-electron chi connectivity index (χ4n) is 1.03. The first-order valence-corrected chi connectivity index (χ1v) is 5.06. The molecule has 3 nitrogen and oxygen atoms in total. The van der Waals surface area contributed by atoms with E-state index >= 15 is 0 Å². The number of hydrogen-bond donors (Lipinski definition) is 0. The van der Waals surface area contributed by atoms with E-state index in [1.165, 1.54) is 13.2 Å². The van der Waals surface area contributed by atoms with Crippen molar-refractivity contribution in [3.8, 4) is 11.8 Å². The number of nitriles is 1. The fourth-order valence-corrected chi connectivity index (χ4v) is 1.72. The van der Waals surface area contributed by atoms with Gasteiger partial charge >= 0.3 is 0 Å². The van der Waals surface area contributed by atoms with Crippen LogP contribution in [0.1, 0.15) is 17.8 Å². The molecule has 1 rings (SSSR count). The summed E-state index contributed by atoms with van der Waals surface area (Å²) >= 11 is 1.92. The van der Waals surface area contributed by atoms with Gasteiger partial charge in [0.15, 0.2) is 0 Å². The lowest BCUT2D eigenvalue weighted by atomic mass is 10.2. The van der Waals surface area contributed by atoms with Crippen molar-refractivity contribution in [2.75, 3.05) is 7.11 Å².